The molecule has 14 heavy (non-hydrogen) atoms. The predicted molar refractivity (Wildman–Crippen MR) is 59.2 cm³/mol. The number of methoxy groups -OCH3 is 1. The number of amides is 1. The van der Waals surface area contributed by atoms with Crippen LogP contribution in [0.2, 0.25) is 0 Å². The van der Waals surface area contributed by atoms with Gasteiger partial charge in [-0.2, -0.15) is 0 Å². The van der Waals surface area contributed by atoms with Crippen LogP contribution in [0.3, 0.4) is 0 Å². The zero-order valence-corrected chi connectivity index (χ0v) is 9.69. The quantitative estimate of drug-likeness (QED) is 0.773. The molecule has 0 fully saturated rings. The summed E-state index contributed by atoms with van der Waals surface area (Å²) < 4.78 is 5.11. The topological polar surface area (TPSA) is 38.3 Å². The van der Waals surface area contributed by atoms with Crippen molar-refractivity contribution in [2.75, 3.05) is 13.7 Å². The maximum absolute atomic E-state index is 11.0. The van der Waals surface area contributed by atoms with Crippen molar-refractivity contribution in [3.05, 3.63) is 11.5 Å². The van der Waals surface area contributed by atoms with Crippen LogP contribution < -0.4 is 5.32 Å². The van der Waals surface area contributed by atoms with Crippen LogP contribution in [0.15, 0.2) is 11.5 Å². The van der Waals surface area contributed by atoms with E-state index in [1.165, 1.54) is 0 Å². The lowest BCUT2D eigenvalue weighted by molar-refractivity contribution is -0.119. The smallest absolute Gasteiger partial charge is 0.217 e. The summed E-state index contributed by atoms with van der Waals surface area (Å²) in [5.41, 5.74) is 0. The van der Waals surface area contributed by atoms with Gasteiger partial charge in [0.2, 0.25) is 5.91 Å². The van der Waals surface area contributed by atoms with Gasteiger partial charge in [0.05, 0.1) is 6.04 Å². The summed E-state index contributed by atoms with van der Waals surface area (Å²) >= 11 is 1.76. The molecule has 1 aliphatic rings. The van der Waals surface area contributed by atoms with Crippen LogP contribution in [0.5, 0.6) is 0 Å². The number of carbonyl (C=O) groups excluding carboxylic acids is 1. The van der Waals surface area contributed by atoms with Crippen molar-refractivity contribution < 1.29 is 9.53 Å². The molecule has 0 spiro atoms. The molecule has 1 rings (SSSR count). The van der Waals surface area contributed by atoms with Gasteiger partial charge in [-0.15, -0.1) is 11.8 Å². The Morgan fingerprint density at radius 1 is 1.71 bits per heavy atom. The number of ether oxygens (including phenoxy) is 1. The number of hydrogen-bond acceptors (Lipinski definition) is 3. The van der Waals surface area contributed by atoms with Gasteiger partial charge in [-0.25, -0.2) is 0 Å². The van der Waals surface area contributed by atoms with Gasteiger partial charge in [0, 0.05) is 25.4 Å². The summed E-state index contributed by atoms with van der Waals surface area (Å²) in [5, 5.41) is 4.99. The Morgan fingerprint density at radius 2 is 2.43 bits per heavy atom. The lowest BCUT2D eigenvalue weighted by atomic mass is 9.97. The Bertz CT molecular complexity index is 242. The van der Waals surface area contributed by atoms with E-state index in [-0.39, 0.29) is 16.7 Å². The van der Waals surface area contributed by atoms with Crippen LogP contribution in [-0.4, -0.2) is 30.4 Å². The minimum atomic E-state index is 0.0193. The van der Waals surface area contributed by atoms with Crippen LogP contribution in [0, 0.1) is 0 Å². The van der Waals surface area contributed by atoms with E-state index in [1.54, 1.807) is 25.8 Å². The van der Waals surface area contributed by atoms with Gasteiger partial charge >= 0.3 is 0 Å². The summed E-state index contributed by atoms with van der Waals surface area (Å²) in [6, 6.07) is 0.125. The molecule has 2 unspecified atom stereocenters. The second kappa shape index (κ2) is 4.84. The molecule has 4 heteroatoms. The van der Waals surface area contributed by atoms with Crippen molar-refractivity contribution in [2.24, 2.45) is 0 Å². The maximum Gasteiger partial charge on any atom is 0.217 e. The standard InChI is InChI=1S/C10H17NO2S/c1-8(12)11-9-4-7-14-10(9,2)5-6-13-3/h4,7,9H,5-6H2,1-3H3,(H,11,12). The minimum Gasteiger partial charge on any atom is -0.385 e. The van der Waals surface area contributed by atoms with E-state index >= 15 is 0 Å². The van der Waals surface area contributed by atoms with Crippen molar-refractivity contribution in [1.82, 2.24) is 5.32 Å². The van der Waals surface area contributed by atoms with E-state index in [0.717, 1.165) is 13.0 Å². The van der Waals surface area contributed by atoms with Crippen LogP contribution in [0.25, 0.3) is 0 Å². The molecule has 0 aromatic rings. The average Bonchev–Trinajstić information content (AvgIpc) is 2.45. The highest BCUT2D eigenvalue weighted by Crippen LogP contribution is 2.39. The van der Waals surface area contributed by atoms with E-state index in [0.29, 0.717) is 0 Å². The van der Waals surface area contributed by atoms with Crippen molar-refractivity contribution in [3.8, 4) is 0 Å². The molecule has 80 valence electrons. The van der Waals surface area contributed by atoms with Crippen molar-refractivity contribution in [3.63, 3.8) is 0 Å². The summed E-state index contributed by atoms with van der Waals surface area (Å²) in [6.07, 6.45) is 2.98. The summed E-state index contributed by atoms with van der Waals surface area (Å²) in [4.78, 5) is 11.0. The first-order valence-electron chi connectivity index (χ1n) is 4.69. The molecule has 0 aromatic carbocycles. The molecule has 0 aliphatic carbocycles. The molecule has 0 bridgehead atoms. The highest BCUT2D eigenvalue weighted by Gasteiger charge is 2.36. The molecule has 0 radical (unpaired) electrons. The summed E-state index contributed by atoms with van der Waals surface area (Å²) in [7, 11) is 1.70. The second-order valence-corrected chi connectivity index (χ2v) is 5.12. The van der Waals surface area contributed by atoms with Gasteiger partial charge in [-0.05, 0) is 18.8 Å². The molecule has 1 heterocycles. The molecule has 0 saturated carbocycles. The molecule has 1 N–H and O–H groups in total. The molecule has 1 aliphatic heterocycles. The van der Waals surface area contributed by atoms with Crippen LogP contribution in [0.1, 0.15) is 20.3 Å². The van der Waals surface area contributed by atoms with Crippen LogP contribution in [-0.2, 0) is 9.53 Å². The van der Waals surface area contributed by atoms with Gasteiger partial charge in [-0.1, -0.05) is 6.08 Å². The average molecular weight is 215 g/mol. The Balaban J connectivity index is 2.54. The third-order valence-electron chi connectivity index (χ3n) is 2.43. The molecular weight excluding hydrogens is 198 g/mol. The van der Waals surface area contributed by atoms with E-state index in [1.807, 2.05) is 6.08 Å². The van der Waals surface area contributed by atoms with Crippen molar-refractivity contribution in [1.29, 1.82) is 0 Å². The van der Waals surface area contributed by atoms with E-state index in [9.17, 15) is 4.79 Å². The number of nitrogens with one attached hydrogen (secondary N) is 1. The maximum atomic E-state index is 11.0. The fourth-order valence-electron chi connectivity index (χ4n) is 1.49. The van der Waals surface area contributed by atoms with Gasteiger partial charge in [0.15, 0.2) is 0 Å². The molecule has 0 saturated heterocycles. The van der Waals surface area contributed by atoms with Gasteiger partial charge in [0.1, 0.15) is 0 Å². The minimum absolute atomic E-state index is 0.0193. The largest absolute Gasteiger partial charge is 0.385 e. The molecule has 0 aromatic heterocycles. The molecule has 1 amide bonds. The molecule has 2 atom stereocenters. The third-order valence-corrected chi connectivity index (χ3v) is 3.72. The van der Waals surface area contributed by atoms with E-state index in [2.05, 4.69) is 17.6 Å². The lowest BCUT2D eigenvalue weighted by Gasteiger charge is -2.30. The van der Waals surface area contributed by atoms with E-state index < -0.39 is 0 Å². The highest BCUT2D eigenvalue weighted by molar-refractivity contribution is 8.03. The monoisotopic (exact) mass is 215 g/mol. The van der Waals surface area contributed by atoms with Gasteiger partial charge in [-0.3, -0.25) is 4.79 Å². The highest BCUT2D eigenvalue weighted by atomic mass is 32.2. The third kappa shape index (κ3) is 2.75. The number of carbonyl (C=O) groups is 1. The zero-order chi connectivity index (χ0) is 10.6. The molecule has 3 nitrogen and oxygen atoms in total. The predicted octanol–water partition coefficient (Wildman–Crippen LogP) is 1.55. The first-order valence-corrected chi connectivity index (χ1v) is 5.57. The van der Waals surface area contributed by atoms with Crippen LogP contribution in [0.4, 0.5) is 0 Å². The fourth-order valence-corrected chi connectivity index (χ4v) is 2.52. The van der Waals surface area contributed by atoms with Gasteiger partial charge in [0.25, 0.3) is 0 Å². The Kier molecular flexibility index (Phi) is 4.01. The van der Waals surface area contributed by atoms with E-state index in [4.69, 9.17) is 4.74 Å². The Morgan fingerprint density at radius 3 is 3.00 bits per heavy atom. The fraction of sp³-hybridized carbons (Fsp3) is 0.700. The van der Waals surface area contributed by atoms with Crippen molar-refractivity contribution in [2.45, 2.75) is 31.1 Å². The lowest BCUT2D eigenvalue weighted by Crippen LogP contribution is -2.45. The SMILES string of the molecule is COCCC1(C)SC=CC1NC(C)=O. The first kappa shape index (κ1) is 11.6. The first-order chi connectivity index (χ1) is 6.58. The summed E-state index contributed by atoms with van der Waals surface area (Å²) in [5.74, 6) is 0.0193. The number of hydrogen-bond donors (Lipinski definition) is 1. The Hall–Kier alpha value is -0.480. The Labute approximate surface area is 89.3 Å². The van der Waals surface area contributed by atoms with Crippen molar-refractivity contribution >= 4 is 17.7 Å². The second-order valence-electron chi connectivity index (χ2n) is 3.68. The number of thioether (sulfide) groups is 1. The van der Waals surface area contributed by atoms with Gasteiger partial charge < -0.3 is 10.1 Å². The van der Waals surface area contributed by atoms with Crippen LogP contribution >= 0.6 is 11.8 Å². The number of rotatable bonds is 4. The molecular formula is C10H17NO2S. The zero-order valence-electron chi connectivity index (χ0n) is 8.87. The summed E-state index contributed by atoms with van der Waals surface area (Å²) in [6.45, 7) is 4.42. The normalized spacial score (nSPS) is 30.6.